The molecule has 0 unspecified atom stereocenters. The molecule has 0 bridgehead atoms. The number of halogens is 2. The summed E-state index contributed by atoms with van der Waals surface area (Å²) in [6.45, 7) is 0.280. The second-order valence-corrected chi connectivity index (χ2v) is 5.47. The van der Waals surface area contributed by atoms with Gasteiger partial charge in [0.1, 0.15) is 17.7 Å². The molecule has 1 aliphatic rings. The summed E-state index contributed by atoms with van der Waals surface area (Å²) in [4.78, 5) is 38.8. The molecule has 1 aromatic carbocycles. The molecule has 1 heterocycles. The molecule has 1 aliphatic heterocycles. The number of anilines is 1. The lowest BCUT2D eigenvalue weighted by Gasteiger charge is -2.25. The first kappa shape index (κ1) is 16.9. The highest BCUT2D eigenvalue weighted by molar-refractivity contribution is 6.40. The Labute approximate surface area is 132 Å². The smallest absolute Gasteiger partial charge is 0.314 e. The van der Waals surface area contributed by atoms with Gasteiger partial charge in [0.25, 0.3) is 0 Å². The molecule has 124 valence electrons. The molecule has 0 saturated carbocycles. The Morgan fingerprint density at radius 3 is 2.57 bits per heavy atom. The van der Waals surface area contributed by atoms with Crippen molar-refractivity contribution < 1.29 is 23.2 Å². The minimum Gasteiger partial charge on any atom is -0.347 e. The van der Waals surface area contributed by atoms with Gasteiger partial charge in [-0.2, -0.15) is 0 Å². The van der Waals surface area contributed by atoms with E-state index in [9.17, 15) is 23.2 Å². The maximum absolute atomic E-state index is 13.5. The van der Waals surface area contributed by atoms with Crippen molar-refractivity contribution in [1.82, 2.24) is 9.80 Å². The molecule has 0 aliphatic carbocycles. The third kappa shape index (κ3) is 3.64. The highest BCUT2D eigenvalue weighted by Crippen LogP contribution is 2.20. The highest BCUT2D eigenvalue weighted by atomic mass is 19.1. The third-order valence-electron chi connectivity index (χ3n) is 3.61. The largest absolute Gasteiger partial charge is 0.347 e. The number of hydrogen-bond acceptors (Lipinski definition) is 3. The van der Waals surface area contributed by atoms with Crippen LogP contribution in [0.1, 0.15) is 12.8 Å². The molecule has 3 amide bonds. The number of benzene rings is 1. The van der Waals surface area contributed by atoms with Crippen LogP contribution in [-0.2, 0) is 14.4 Å². The summed E-state index contributed by atoms with van der Waals surface area (Å²) in [5.74, 6) is -4.01. The van der Waals surface area contributed by atoms with Crippen LogP contribution in [0.25, 0.3) is 0 Å². The zero-order valence-corrected chi connectivity index (χ0v) is 12.8. The van der Waals surface area contributed by atoms with E-state index in [1.807, 2.05) is 0 Å². The minimum atomic E-state index is -1.06. The van der Waals surface area contributed by atoms with Gasteiger partial charge >= 0.3 is 11.8 Å². The molecular formula is C15H17F2N3O3. The molecule has 0 spiro atoms. The number of likely N-dealkylation sites (tertiary alicyclic amines) is 1. The van der Waals surface area contributed by atoms with Gasteiger partial charge in [-0.05, 0) is 25.0 Å². The number of likely N-dealkylation sites (N-methyl/N-ethyl adjacent to an activating group) is 1. The van der Waals surface area contributed by atoms with E-state index in [1.165, 1.54) is 9.80 Å². The van der Waals surface area contributed by atoms with E-state index in [4.69, 9.17) is 0 Å². The Morgan fingerprint density at radius 1 is 1.26 bits per heavy atom. The van der Waals surface area contributed by atoms with E-state index < -0.39 is 29.5 Å². The van der Waals surface area contributed by atoms with E-state index in [0.717, 1.165) is 12.1 Å². The van der Waals surface area contributed by atoms with Gasteiger partial charge in [0.05, 0.1) is 5.69 Å². The Bertz CT molecular complexity index is 649. The average molecular weight is 325 g/mol. The summed E-state index contributed by atoms with van der Waals surface area (Å²) < 4.78 is 26.4. The minimum absolute atomic E-state index is 0.267. The monoisotopic (exact) mass is 325 g/mol. The van der Waals surface area contributed by atoms with Crippen molar-refractivity contribution in [2.45, 2.75) is 18.9 Å². The van der Waals surface area contributed by atoms with Crippen LogP contribution in [0.2, 0.25) is 0 Å². The maximum atomic E-state index is 13.5. The maximum Gasteiger partial charge on any atom is 0.314 e. The van der Waals surface area contributed by atoms with Gasteiger partial charge in [-0.15, -0.1) is 0 Å². The zero-order valence-electron chi connectivity index (χ0n) is 12.8. The van der Waals surface area contributed by atoms with E-state index in [0.29, 0.717) is 18.9 Å². The van der Waals surface area contributed by atoms with Crippen molar-refractivity contribution in [3.63, 3.8) is 0 Å². The fraction of sp³-hybridized carbons (Fsp3) is 0.400. The van der Waals surface area contributed by atoms with Crippen molar-refractivity contribution in [3.8, 4) is 0 Å². The van der Waals surface area contributed by atoms with Crippen molar-refractivity contribution in [2.75, 3.05) is 26.0 Å². The van der Waals surface area contributed by atoms with E-state index in [-0.39, 0.29) is 18.1 Å². The first-order valence-electron chi connectivity index (χ1n) is 7.09. The Hall–Kier alpha value is -2.51. The predicted molar refractivity (Wildman–Crippen MR) is 78.4 cm³/mol. The lowest BCUT2D eigenvalue weighted by molar-refractivity contribution is -0.147. The topological polar surface area (TPSA) is 69.7 Å². The lowest BCUT2D eigenvalue weighted by Crippen LogP contribution is -2.49. The number of amides is 3. The molecule has 1 fully saturated rings. The van der Waals surface area contributed by atoms with Crippen LogP contribution in [0.5, 0.6) is 0 Å². The van der Waals surface area contributed by atoms with Crippen LogP contribution in [-0.4, -0.2) is 54.2 Å². The number of carbonyl (C=O) groups excluding carboxylic acids is 3. The second-order valence-electron chi connectivity index (χ2n) is 5.47. The van der Waals surface area contributed by atoms with Crippen molar-refractivity contribution in [3.05, 3.63) is 29.8 Å². The molecular weight excluding hydrogens is 308 g/mol. The molecule has 0 aromatic heterocycles. The van der Waals surface area contributed by atoms with Gasteiger partial charge in [0.2, 0.25) is 5.91 Å². The zero-order chi connectivity index (χ0) is 17.1. The van der Waals surface area contributed by atoms with E-state index in [2.05, 4.69) is 5.32 Å². The van der Waals surface area contributed by atoms with Crippen LogP contribution < -0.4 is 5.32 Å². The van der Waals surface area contributed by atoms with Crippen molar-refractivity contribution in [2.24, 2.45) is 0 Å². The molecule has 23 heavy (non-hydrogen) atoms. The molecule has 6 nitrogen and oxygen atoms in total. The molecule has 0 radical (unpaired) electrons. The summed E-state index contributed by atoms with van der Waals surface area (Å²) in [5.41, 5.74) is -0.292. The molecule has 1 aromatic rings. The summed E-state index contributed by atoms with van der Waals surface area (Å²) in [6.07, 6.45) is 1.08. The normalized spacial score (nSPS) is 17.0. The average Bonchev–Trinajstić information content (AvgIpc) is 2.97. The fourth-order valence-corrected chi connectivity index (χ4v) is 2.46. The van der Waals surface area contributed by atoms with Crippen molar-refractivity contribution >= 4 is 23.4 Å². The van der Waals surface area contributed by atoms with Gasteiger partial charge in [0, 0.05) is 26.7 Å². The summed E-state index contributed by atoms with van der Waals surface area (Å²) in [7, 11) is 3.13. The first-order chi connectivity index (χ1) is 10.8. The van der Waals surface area contributed by atoms with Gasteiger partial charge in [0.15, 0.2) is 0 Å². The second kappa shape index (κ2) is 6.72. The molecule has 1 atom stereocenters. The molecule has 8 heteroatoms. The van der Waals surface area contributed by atoms with Crippen LogP contribution in [0, 0.1) is 11.6 Å². The summed E-state index contributed by atoms with van der Waals surface area (Å²) >= 11 is 0. The Morgan fingerprint density at radius 2 is 1.96 bits per heavy atom. The molecule has 1 saturated heterocycles. The SMILES string of the molecule is CN(C)C(=O)[C@H]1CCCN1C(=O)C(=O)Nc1ccc(F)cc1F. The van der Waals surface area contributed by atoms with E-state index in [1.54, 1.807) is 14.1 Å². The highest BCUT2D eigenvalue weighted by Gasteiger charge is 2.37. The van der Waals surface area contributed by atoms with E-state index >= 15 is 0 Å². The number of hydrogen-bond donors (Lipinski definition) is 1. The lowest BCUT2D eigenvalue weighted by atomic mass is 10.2. The van der Waals surface area contributed by atoms with Crippen LogP contribution >= 0.6 is 0 Å². The molecule has 2 rings (SSSR count). The van der Waals surface area contributed by atoms with Crippen molar-refractivity contribution in [1.29, 1.82) is 0 Å². The quantitative estimate of drug-likeness (QED) is 0.824. The standard InChI is InChI=1S/C15H17F2N3O3/c1-19(2)14(22)12-4-3-7-20(12)15(23)13(21)18-11-6-5-9(16)8-10(11)17/h5-6,8,12H,3-4,7H2,1-2H3,(H,18,21)/t12-/m1/s1. The van der Waals surface area contributed by atoms with Crippen LogP contribution in [0.3, 0.4) is 0 Å². The predicted octanol–water partition coefficient (Wildman–Crippen LogP) is 0.982. The van der Waals surface area contributed by atoms with Crippen LogP contribution in [0.4, 0.5) is 14.5 Å². The van der Waals surface area contributed by atoms with Crippen LogP contribution in [0.15, 0.2) is 18.2 Å². The number of rotatable bonds is 2. The number of nitrogens with zero attached hydrogens (tertiary/aromatic N) is 2. The number of carbonyl (C=O) groups is 3. The fourth-order valence-electron chi connectivity index (χ4n) is 2.46. The van der Waals surface area contributed by atoms with Gasteiger partial charge in [-0.1, -0.05) is 0 Å². The van der Waals surface area contributed by atoms with Gasteiger partial charge in [-0.25, -0.2) is 8.78 Å². The number of nitrogens with one attached hydrogen (secondary N) is 1. The Balaban J connectivity index is 2.10. The molecule has 1 N–H and O–H groups in total. The van der Waals surface area contributed by atoms with Gasteiger partial charge in [-0.3, -0.25) is 14.4 Å². The first-order valence-corrected chi connectivity index (χ1v) is 7.09. The van der Waals surface area contributed by atoms with Gasteiger partial charge < -0.3 is 15.1 Å². The Kier molecular flexibility index (Phi) is 4.92. The summed E-state index contributed by atoms with van der Waals surface area (Å²) in [6, 6.07) is 1.91. The third-order valence-corrected chi connectivity index (χ3v) is 3.61. The summed E-state index contributed by atoms with van der Waals surface area (Å²) in [5, 5.41) is 2.11.